The second kappa shape index (κ2) is 2.93. The predicted octanol–water partition coefficient (Wildman–Crippen LogP) is 2.37. The number of rotatable bonds is 2. The van der Waals surface area contributed by atoms with Crippen LogP contribution in [0.4, 0.5) is 0 Å². The lowest BCUT2D eigenvalue weighted by Gasteiger charge is -2.05. The van der Waals surface area contributed by atoms with Crippen molar-refractivity contribution in [1.29, 1.82) is 0 Å². The average molecular weight is 163 g/mol. The molecule has 62 valence electrons. The number of benzene rings is 1. The van der Waals surface area contributed by atoms with Crippen molar-refractivity contribution in [1.82, 2.24) is 0 Å². The van der Waals surface area contributed by atoms with Gasteiger partial charge in [0.1, 0.15) is 0 Å². The highest BCUT2D eigenvalue weighted by atomic mass is 16.7. The van der Waals surface area contributed by atoms with Gasteiger partial charge in [-0.15, -0.1) is 4.91 Å². The van der Waals surface area contributed by atoms with E-state index in [0.717, 1.165) is 18.4 Å². The SMILES string of the molecule is O=NOC1CCc2ccccc21. The van der Waals surface area contributed by atoms with E-state index < -0.39 is 0 Å². The second-order valence-electron chi connectivity index (χ2n) is 2.91. The molecule has 0 spiro atoms. The third-order valence-electron chi connectivity index (χ3n) is 2.25. The Morgan fingerprint density at radius 3 is 3.08 bits per heavy atom. The van der Waals surface area contributed by atoms with Crippen molar-refractivity contribution in [2.45, 2.75) is 18.9 Å². The van der Waals surface area contributed by atoms with Crippen molar-refractivity contribution in [3.05, 3.63) is 40.3 Å². The highest BCUT2D eigenvalue weighted by Gasteiger charge is 2.23. The first-order valence-corrected chi connectivity index (χ1v) is 3.98. The Kier molecular flexibility index (Phi) is 1.78. The van der Waals surface area contributed by atoms with Crippen molar-refractivity contribution >= 4 is 0 Å². The van der Waals surface area contributed by atoms with Gasteiger partial charge in [0.05, 0.1) is 0 Å². The Morgan fingerprint density at radius 1 is 1.42 bits per heavy atom. The van der Waals surface area contributed by atoms with E-state index in [9.17, 15) is 4.91 Å². The van der Waals surface area contributed by atoms with Crippen molar-refractivity contribution < 1.29 is 4.84 Å². The topological polar surface area (TPSA) is 38.7 Å². The van der Waals surface area contributed by atoms with Crippen LogP contribution in [0.5, 0.6) is 0 Å². The zero-order chi connectivity index (χ0) is 8.39. The Morgan fingerprint density at radius 2 is 2.25 bits per heavy atom. The standard InChI is InChI=1S/C9H9NO2/c11-10-12-9-6-5-7-3-1-2-4-8(7)9/h1-4,9H,5-6H2. The van der Waals surface area contributed by atoms with Gasteiger partial charge in [-0.2, -0.15) is 0 Å². The minimum atomic E-state index is -0.112. The number of hydrogen-bond donors (Lipinski definition) is 0. The molecule has 0 saturated heterocycles. The lowest BCUT2D eigenvalue weighted by Crippen LogP contribution is -1.93. The zero-order valence-corrected chi connectivity index (χ0v) is 6.56. The van der Waals surface area contributed by atoms with Crippen LogP contribution < -0.4 is 0 Å². The minimum absolute atomic E-state index is 0.112. The molecular weight excluding hydrogens is 154 g/mol. The van der Waals surface area contributed by atoms with Crippen LogP contribution in [0.15, 0.2) is 29.6 Å². The molecule has 0 aliphatic heterocycles. The van der Waals surface area contributed by atoms with Crippen LogP contribution in [0, 0.1) is 4.91 Å². The molecule has 0 aromatic heterocycles. The van der Waals surface area contributed by atoms with Crippen LogP contribution in [0.25, 0.3) is 0 Å². The summed E-state index contributed by atoms with van der Waals surface area (Å²) in [6.45, 7) is 0. The number of hydrogen-bond acceptors (Lipinski definition) is 3. The van der Waals surface area contributed by atoms with Crippen LogP contribution in [0.1, 0.15) is 23.7 Å². The van der Waals surface area contributed by atoms with Crippen molar-refractivity contribution in [2.75, 3.05) is 0 Å². The van der Waals surface area contributed by atoms with Gasteiger partial charge in [0.15, 0.2) is 11.4 Å². The van der Waals surface area contributed by atoms with Crippen LogP contribution in [-0.4, -0.2) is 0 Å². The summed E-state index contributed by atoms with van der Waals surface area (Å²) in [6.07, 6.45) is 1.74. The maximum atomic E-state index is 9.90. The first kappa shape index (κ1) is 7.28. The van der Waals surface area contributed by atoms with Gasteiger partial charge in [-0.3, -0.25) is 0 Å². The van der Waals surface area contributed by atoms with E-state index in [1.54, 1.807) is 0 Å². The summed E-state index contributed by atoms with van der Waals surface area (Å²) >= 11 is 0. The maximum Gasteiger partial charge on any atom is 0.156 e. The van der Waals surface area contributed by atoms with Crippen molar-refractivity contribution in [3.63, 3.8) is 0 Å². The fraction of sp³-hybridized carbons (Fsp3) is 0.333. The Labute approximate surface area is 70.3 Å². The summed E-state index contributed by atoms with van der Waals surface area (Å²) in [5.41, 5.74) is 2.38. The summed E-state index contributed by atoms with van der Waals surface area (Å²) < 4.78 is 0. The highest BCUT2D eigenvalue weighted by Crippen LogP contribution is 2.33. The van der Waals surface area contributed by atoms with Gasteiger partial charge < -0.3 is 4.84 Å². The maximum absolute atomic E-state index is 9.90. The monoisotopic (exact) mass is 163 g/mol. The molecule has 0 N–H and O–H groups in total. The molecule has 1 aliphatic rings. The lowest BCUT2D eigenvalue weighted by molar-refractivity contribution is 0.0561. The predicted molar refractivity (Wildman–Crippen MR) is 44.4 cm³/mol. The van der Waals surface area contributed by atoms with Crippen LogP contribution in [-0.2, 0) is 11.3 Å². The lowest BCUT2D eigenvalue weighted by atomic mass is 10.1. The summed E-state index contributed by atoms with van der Waals surface area (Å²) in [7, 11) is 0. The first-order valence-electron chi connectivity index (χ1n) is 3.98. The molecular formula is C9H9NO2. The Bertz CT molecular complexity index is 298. The third kappa shape index (κ3) is 1.07. The molecule has 0 amide bonds. The molecule has 1 aromatic carbocycles. The summed E-state index contributed by atoms with van der Waals surface area (Å²) in [5.74, 6) is 0. The van der Waals surface area contributed by atoms with E-state index in [0.29, 0.717) is 0 Å². The van der Waals surface area contributed by atoms with E-state index in [-0.39, 0.29) is 6.10 Å². The highest BCUT2D eigenvalue weighted by molar-refractivity contribution is 5.33. The Balaban J connectivity index is 2.29. The fourth-order valence-electron chi connectivity index (χ4n) is 1.68. The Hall–Kier alpha value is -1.38. The summed E-state index contributed by atoms with van der Waals surface area (Å²) in [4.78, 5) is 14.6. The summed E-state index contributed by atoms with van der Waals surface area (Å²) in [5, 5.41) is 2.47. The quantitative estimate of drug-likeness (QED) is 0.496. The molecule has 0 fully saturated rings. The molecule has 3 heteroatoms. The molecule has 12 heavy (non-hydrogen) atoms. The molecule has 1 aromatic rings. The van der Waals surface area contributed by atoms with Crippen LogP contribution in [0.3, 0.4) is 0 Å². The van der Waals surface area contributed by atoms with Gasteiger partial charge in [-0.05, 0) is 24.0 Å². The minimum Gasteiger partial charge on any atom is -0.356 e. The zero-order valence-electron chi connectivity index (χ0n) is 6.56. The van der Waals surface area contributed by atoms with Gasteiger partial charge in [-0.25, -0.2) is 0 Å². The van der Waals surface area contributed by atoms with E-state index in [2.05, 4.69) is 11.4 Å². The van der Waals surface area contributed by atoms with E-state index in [4.69, 9.17) is 4.84 Å². The fourth-order valence-corrected chi connectivity index (χ4v) is 1.68. The van der Waals surface area contributed by atoms with Gasteiger partial charge in [0.2, 0.25) is 0 Å². The third-order valence-corrected chi connectivity index (χ3v) is 2.25. The normalized spacial score (nSPS) is 20.2. The van der Waals surface area contributed by atoms with Crippen LogP contribution in [0.2, 0.25) is 0 Å². The van der Waals surface area contributed by atoms with E-state index in [1.165, 1.54) is 5.56 Å². The molecule has 1 aliphatic carbocycles. The molecule has 1 atom stereocenters. The van der Waals surface area contributed by atoms with E-state index in [1.807, 2.05) is 18.2 Å². The number of nitrogens with zero attached hydrogens (tertiary/aromatic N) is 1. The molecule has 2 rings (SSSR count). The van der Waals surface area contributed by atoms with Gasteiger partial charge in [0, 0.05) is 0 Å². The van der Waals surface area contributed by atoms with Gasteiger partial charge in [0.25, 0.3) is 0 Å². The number of aryl methyl sites for hydroxylation is 1. The molecule has 0 radical (unpaired) electrons. The molecule has 3 nitrogen and oxygen atoms in total. The molecule has 1 unspecified atom stereocenters. The van der Waals surface area contributed by atoms with Gasteiger partial charge in [-0.1, -0.05) is 24.3 Å². The number of fused-ring (bicyclic) bond motifs is 1. The smallest absolute Gasteiger partial charge is 0.156 e. The first-order chi connectivity index (χ1) is 5.92. The van der Waals surface area contributed by atoms with Crippen molar-refractivity contribution in [2.24, 2.45) is 5.34 Å². The van der Waals surface area contributed by atoms with Crippen molar-refractivity contribution in [3.8, 4) is 0 Å². The molecule has 0 saturated carbocycles. The van der Waals surface area contributed by atoms with Crippen LogP contribution >= 0.6 is 0 Å². The second-order valence-corrected chi connectivity index (χ2v) is 2.91. The van der Waals surface area contributed by atoms with E-state index >= 15 is 0 Å². The van der Waals surface area contributed by atoms with Gasteiger partial charge >= 0.3 is 0 Å². The molecule has 0 heterocycles. The molecule has 0 bridgehead atoms. The largest absolute Gasteiger partial charge is 0.356 e. The average Bonchev–Trinajstić information content (AvgIpc) is 2.50. The summed E-state index contributed by atoms with van der Waals surface area (Å²) in [6, 6.07) is 7.99.